The first-order valence-corrected chi connectivity index (χ1v) is 9.90. The highest BCUT2D eigenvalue weighted by Gasteiger charge is 2.14. The number of nitrogens with one attached hydrogen (secondary N) is 1. The summed E-state index contributed by atoms with van der Waals surface area (Å²) in [7, 11) is 3.15. The number of hydrogen-bond acceptors (Lipinski definition) is 7. The second kappa shape index (κ2) is 9.45. The number of thioether (sulfide) groups is 1. The Labute approximate surface area is 163 Å². The number of methoxy groups -OCH3 is 2. The molecule has 0 atom stereocenters. The van der Waals surface area contributed by atoms with Gasteiger partial charge in [-0.2, -0.15) is 0 Å². The predicted molar refractivity (Wildman–Crippen MR) is 107 cm³/mol. The number of anilines is 2. The molecule has 1 aliphatic rings. The molecule has 144 valence electrons. The Morgan fingerprint density at radius 1 is 1.15 bits per heavy atom. The Bertz CT molecular complexity index is 781. The van der Waals surface area contributed by atoms with Crippen molar-refractivity contribution in [2.24, 2.45) is 0 Å². The van der Waals surface area contributed by atoms with E-state index in [0.717, 1.165) is 23.9 Å². The van der Waals surface area contributed by atoms with Gasteiger partial charge >= 0.3 is 0 Å². The summed E-state index contributed by atoms with van der Waals surface area (Å²) >= 11 is 1.39. The van der Waals surface area contributed by atoms with E-state index in [9.17, 15) is 4.79 Å². The topological polar surface area (TPSA) is 76.6 Å². The van der Waals surface area contributed by atoms with Crippen LogP contribution >= 0.6 is 11.8 Å². The summed E-state index contributed by atoms with van der Waals surface area (Å²) in [4.78, 5) is 23.3. The minimum atomic E-state index is -0.135. The standard InChI is InChI=1S/C19H24N4O3S/c1-25-14-6-7-16(26-2)15(10-14)22-18(24)12-27-19-11-17(20-13-21-19)23-8-4-3-5-9-23/h6-7,10-11,13H,3-5,8-9,12H2,1-2H3,(H,22,24). The van der Waals surface area contributed by atoms with Crippen molar-refractivity contribution in [2.75, 3.05) is 43.3 Å². The lowest BCUT2D eigenvalue weighted by Gasteiger charge is -2.27. The maximum atomic E-state index is 12.4. The molecule has 0 radical (unpaired) electrons. The van der Waals surface area contributed by atoms with Crippen LogP contribution in [0.1, 0.15) is 19.3 Å². The number of benzene rings is 1. The highest BCUT2D eigenvalue weighted by molar-refractivity contribution is 7.99. The Hall–Kier alpha value is -2.48. The lowest BCUT2D eigenvalue weighted by Crippen LogP contribution is -2.30. The molecule has 1 aliphatic heterocycles. The third kappa shape index (κ3) is 5.26. The third-order valence-electron chi connectivity index (χ3n) is 4.34. The Morgan fingerprint density at radius 2 is 1.96 bits per heavy atom. The van der Waals surface area contributed by atoms with Gasteiger partial charge in [-0.25, -0.2) is 9.97 Å². The largest absolute Gasteiger partial charge is 0.497 e. The average Bonchev–Trinajstić information content (AvgIpc) is 2.73. The fraction of sp³-hybridized carbons (Fsp3) is 0.421. The molecule has 0 unspecified atom stereocenters. The lowest BCUT2D eigenvalue weighted by molar-refractivity contribution is -0.113. The van der Waals surface area contributed by atoms with Crippen molar-refractivity contribution in [3.05, 3.63) is 30.6 Å². The van der Waals surface area contributed by atoms with Crippen molar-refractivity contribution < 1.29 is 14.3 Å². The van der Waals surface area contributed by atoms with Crippen LogP contribution in [0.25, 0.3) is 0 Å². The molecule has 2 heterocycles. The van der Waals surface area contributed by atoms with Gasteiger partial charge in [0.25, 0.3) is 0 Å². The first-order chi connectivity index (χ1) is 13.2. The van der Waals surface area contributed by atoms with Crippen molar-refractivity contribution >= 4 is 29.2 Å². The van der Waals surface area contributed by atoms with Gasteiger partial charge in [-0.3, -0.25) is 4.79 Å². The molecule has 0 aliphatic carbocycles. The lowest BCUT2D eigenvalue weighted by atomic mass is 10.1. The van der Waals surface area contributed by atoms with Crippen molar-refractivity contribution in [3.63, 3.8) is 0 Å². The van der Waals surface area contributed by atoms with E-state index >= 15 is 0 Å². The van der Waals surface area contributed by atoms with Crippen LogP contribution in [0.5, 0.6) is 11.5 Å². The first-order valence-electron chi connectivity index (χ1n) is 8.91. The van der Waals surface area contributed by atoms with E-state index in [1.165, 1.54) is 31.0 Å². The molecular formula is C19H24N4O3S. The zero-order valence-electron chi connectivity index (χ0n) is 15.6. The van der Waals surface area contributed by atoms with Crippen LogP contribution in [0.4, 0.5) is 11.5 Å². The summed E-state index contributed by atoms with van der Waals surface area (Å²) in [6.07, 6.45) is 5.22. The van der Waals surface area contributed by atoms with E-state index in [1.807, 2.05) is 6.07 Å². The molecule has 27 heavy (non-hydrogen) atoms. The minimum absolute atomic E-state index is 0.135. The second-order valence-corrected chi connectivity index (χ2v) is 7.16. The van der Waals surface area contributed by atoms with Crippen LogP contribution < -0.4 is 19.7 Å². The summed E-state index contributed by atoms with van der Waals surface area (Å²) in [5.41, 5.74) is 0.583. The molecule has 8 heteroatoms. The van der Waals surface area contributed by atoms with Crippen LogP contribution in [0.3, 0.4) is 0 Å². The normalized spacial score (nSPS) is 13.9. The minimum Gasteiger partial charge on any atom is -0.497 e. The number of ether oxygens (including phenoxy) is 2. The molecule has 0 bridgehead atoms. The van der Waals surface area contributed by atoms with Gasteiger partial charge in [-0.15, -0.1) is 0 Å². The molecule has 1 aromatic carbocycles. The van der Waals surface area contributed by atoms with Crippen molar-refractivity contribution in [3.8, 4) is 11.5 Å². The summed E-state index contributed by atoms with van der Waals surface area (Å²) in [6, 6.07) is 7.24. The average molecular weight is 388 g/mol. The van der Waals surface area contributed by atoms with Gasteiger partial charge in [-0.1, -0.05) is 11.8 Å². The van der Waals surface area contributed by atoms with Gasteiger partial charge in [0.2, 0.25) is 5.91 Å². The zero-order valence-corrected chi connectivity index (χ0v) is 16.4. The maximum Gasteiger partial charge on any atom is 0.234 e. The summed E-state index contributed by atoms with van der Waals surface area (Å²) in [5, 5.41) is 3.66. The van der Waals surface area contributed by atoms with E-state index in [-0.39, 0.29) is 11.7 Å². The number of carbonyl (C=O) groups excluding carboxylic acids is 1. The maximum absolute atomic E-state index is 12.4. The molecule has 1 saturated heterocycles. The predicted octanol–water partition coefficient (Wildman–Crippen LogP) is 3.21. The molecule has 2 aromatic rings. The van der Waals surface area contributed by atoms with E-state index in [2.05, 4.69) is 20.2 Å². The van der Waals surface area contributed by atoms with Gasteiger partial charge < -0.3 is 19.7 Å². The van der Waals surface area contributed by atoms with Crippen LogP contribution in [0.2, 0.25) is 0 Å². The number of piperidine rings is 1. The molecule has 0 spiro atoms. The second-order valence-electron chi connectivity index (χ2n) is 6.17. The fourth-order valence-electron chi connectivity index (χ4n) is 2.94. The van der Waals surface area contributed by atoms with E-state index in [4.69, 9.17) is 9.47 Å². The summed E-state index contributed by atoms with van der Waals surface area (Å²) in [5.74, 6) is 2.28. The van der Waals surface area contributed by atoms with Crippen molar-refractivity contribution in [1.29, 1.82) is 0 Å². The van der Waals surface area contributed by atoms with Crippen LogP contribution in [0.15, 0.2) is 35.6 Å². The quantitative estimate of drug-likeness (QED) is 0.576. The van der Waals surface area contributed by atoms with Crippen molar-refractivity contribution in [1.82, 2.24) is 9.97 Å². The zero-order chi connectivity index (χ0) is 19.1. The molecule has 1 fully saturated rings. The Balaban J connectivity index is 1.59. The van der Waals surface area contributed by atoms with E-state index in [0.29, 0.717) is 17.2 Å². The van der Waals surface area contributed by atoms with E-state index in [1.54, 1.807) is 38.7 Å². The first kappa shape index (κ1) is 19.3. The van der Waals surface area contributed by atoms with Gasteiger partial charge in [0.1, 0.15) is 28.7 Å². The SMILES string of the molecule is COc1ccc(OC)c(NC(=O)CSc2cc(N3CCCCC3)ncn2)c1. The van der Waals surface area contributed by atoms with Gasteiger partial charge in [-0.05, 0) is 31.4 Å². The summed E-state index contributed by atoms with van der Waals surface area (Å²) < 4.78 is 10.5. The number of amides is 1. The Kier molecular flexibility index (Phi) is 6.75. The van der Waals surface area contributed by atoms with Crippen LogP contribution in [0, 0.1) is 0 Å². The Morgan fingerprint density at radius 3 is 2.70 bits per heavy atom. The highest BCUT2D eigenvalue weighted by Crippen LogP contribution is 2.29. The van der Waals surface area contributed by atoms with Gasteiger partial charge in [0, 0.05) is 25.2 Å². The molecule has 3 rings (SSSR count). The number of nitrogens with zero attached hydrogens (tertiary/aromatic N) is 3. The van der Waals surface area contributed by atoms with Gasteiger partial charge in [0.05, 0.1) is 25.7 Å². The van der Waals surface area contributed by atoms with E-state index < -0.39 is 0 Å². The van der Waals surface area contributed by atoms with Crippen molar-refractivity contribution in [2.45, 2.75) is 24.3 Å². The molecule has 1 amide bonds. The summed E-state index contributed by atoms with van der Waals surface area (Å²) in [6.45, 7) is 2.05. The monoisotopic (exact) mass is 388 g/mol. The smallest absolute Gasteiger partial charge is 0.234 e. The molecule has 7 nitrogen and oxygen atoms in total. The number of rotatable bonds is 7. The highest BCUT2D eigenvalue weighted by atomic mass is 32.2. The number of hydrogen-bond donors (Lipinski definition) is 1. The van der Waals surface area contributed by atoms with Gasteiger partial charge in [0.15, 0.2) is 0 Å². The number of aromatic nitrogens is 2. The molecule has 0 saturated carbocycles. The van der Waals surface area contributed by atoms with Crippen LogP contribution in [-0.2, 0) is 4.79 Å². The molecule has 1 N–H and O–H groups in total. The third-order valence-corrected chi connectivity index (χ3v) is 5.27. The van der Waals surface area contributed by atoms with Crippen LogP contribution in [-0.4, -0.2) is 48.9 Å². The molecule has 1 aromatic heterocycles. The molecular weight excluding hydrogens is 364 g/mol. The fourth-order valence-corrected chi connectivity index (χ4v) is 3.60. The number of carbonyl (C=O) groups is 1.